The van der Waals surface area contributed by atoms with E-state index < -0.39 is 0 Å². The molecule has 0 spiro atoms. The van der Waals surface area contributed by atoms with Gasteiger partial charge < -0.3 is 15.5 Å². The van der Waals surface area contributed by atoms with E-state index >= 15 is 0 Å². The number of piperidine rings is 1. The molecule has 2 aliphatic heterocycles. The fourth-order valence-corrected chi connectivity index (χ4v) is 5.00. The number of amides is 2. The molecule has 4 rings (SSSR count). The highest BCUT2D eigenvalue weighted by molar-refractivity contribution is 7.99. The topological polar surface area (TPSA) is 61.4 Å². The molecule has 2 amide bonds. The Bertz CT molecular complexity index is 915. The fraction of sp³-hybridized carbons (Fsp3) is 0.391. The van der Waals surface area contributed by atoms with Gasteiger partial charge in [0.2, 0.25) is 0 Å². The third kappa shape index (κ3) is 4.65. The summed E-state index contributed by atoms with van der Waals surface area (Å²) in [5.74, 6) is -0.236. The maximum Gasteiger partial charge on any atom is 0.256 e. The summed E-state index contributed by atoms with van der Waals surface area (Å²) in [6.45, 7) is 5.14. The van der Waals surface area contributed by atoms with Gasteiger partial charge in [-0.2, -0.15) is 0 Å². The molecule has 152 valence electrons. The minimum absolute atomic E-state index is 0.0968. The number of nitrogens with one attached hydrogen (secondary N) is 2. The van der Waals surface area contributed by atoms with E-state index in [0.717, 1.165) is 22.8 Å². The second-order valence-electron chi connectivity index (χ2n) is 7.75. The molecule has 0 aromatic heterocycles. The lowest BCUT2D eigenvalue weighted by Gasteiger charge is -2.33. The molecule has 5 nitrogen and oxygen atoms in total. The van der Waals surface area contributed by atoms with Crippen molar-refractivity contribution in [2.75, 3.05) is 25.0 Å². The number of nitrogens with zero attached hydrogens (tertiary/aromatic N) is 1. The van der Waals surface area contributed by atoms with Gasteiger partial charge in [0, 0.05) is 34.5 Å². The normalized spacial score (nSPS) is 18.9. The standard InChI is InChI=1S/C23H27N3O2S/c1-16-7-4-5-13-26(16)14-6-12-24-22(27)17-10-11-21-19(15-17)25-23(28)18-8-2-3-9-20(18)29-21/h2-3,8-11,15-16H,4-7,12-14H2,1H3,(H,24,27)(H,25,28)/t16-/m1/s1. The first kappa shape index (κ1) is 20.0. The van der Waals surface area contributed by atoms with Crippen LogP contribution in [-0.4, -0.2) is 42.4 Å². The highest BCUT2D eigenvalue weighted by Crippen LogP contribution is 2.38. The number of carbonyl (C=O) groups excluding carboxylic acids is 2. The number of hydrogen-bond donors (Lipinski definition) is 2. The summed E-state index contributed by atoms with van der Waals surface area (Å²) in [6.07, 6.45) is 4.82. The van der Waals surface area contributed by atoms with Crippen LogP contribution in [-0.2, 0) is 0 Å². The molecule has 0 aliphatic carbocycles. The molecular formula is C23H27N3O2S. The zero-order chi connectivity index (χ0) is 20.2. The molecule has 1 atom stereocenters. The molecule has 2 heterocycles. The summed E-state index contributed by atoms with van der Waals surface area (Å²) >= 11 is 1.54. The van der Waals surface area contributed by atoms with Gasteiger partial charge in [-0.3, -0.25) is 9.59 Å². The van der Waals surface area contributed by atoms with E-state index in [0.29, 0.717) is 29.4 Å². The molecule has 6 heteroatoms. The van der Waals surface area contributed by atoms with Crippen molar-refractivity contribution in [2.24, 2.45) is 0 Å². The van der Waals surface area contributed by atoms with Gasteiger partial charge in [-0.25, -0.2) is 0 Å². The van der Waals surface area contributed by atoms with Crippen molar-refractivity contribution in [3.63, 3.8) is 0 Å². The minimum Gasteiger partial charge on any atom is -0.352 e. The van der Waals surface area contributed by atoms with Crippen LogP contribution in [0.15, 0.2) is 52.3 Å². The van der Waals surface area contributed by atoms with E-state index in [1.165, 1.54) is 25.8 Å². The van der Waals surface area contributed by atoms with Crippen LogP contribution < -0.4 is 10.6 Å². The van der Waals surface area contributed by atoms with E-state index in [9.17, 15) is 9.59 Å². The Morgan fingerprint density at radius 2 is 2.07 bits per heavy atom. The van der Waals surface area contributed by atoms with Gasteiger partial charge in [0.15, 0.2) is 0 Å². The second-order valence-corrected chi connectivity index (χ2v) is 8.84. The van der Waals surface area contributed by atoms with Crippen molar-refractivity contribution < 1.29 is 9.59 Å². The molecule has 2 aliphatic rings. The Labute approximate surface area is 176 Å². The molecule has 29 heavy (non-hydrogen) atoms. The van der Waals surface area contributed by atoms with Crippen LogP contribution in [0.2, 0.25) is 0 Å². The van der Waals surface area contributed by atoms with Gasteiger partial charge in [0.25, 0.3) is 11.8 Å². The van der Waals surface area contributed by atoms with Crippen LogP contribution in [0.4, 0.5) is 5.69 Å². The summed E-state index contributed by atoms with van der Waals surface area (Å²) in [4.78, 5) is 29.5. The predicted molar refractivity (Wildman–Crippen MR) is 117 cm³/mol. The maximum atomic E-state index is 12.6. The van der Waals surface area contributed by atoms with Gasteiger partial charge in [-0.05, 0) is 63.1 Å². The van der Waals surface area contributed by atoms with E-state index in [2.05, 4.69) is 22.5 Å². The van der Waals surface area contributed by atoms with Gasteiger partial charge >= 0.3 is 0 Å². The minimum atomic E-state index is -0.139. The zero-order valence-corrected chi connectivity index (χ0v) is 17.6. The number of carbonyl (C=O) groups is 2. The first-order valence-corrected chi connectivity index (χ1v) is 11.2. The Kier molecular flexibility index (Phi) is 6.21. The number of benzene rings is 2. The quantitative estimate of drug-likeness (QED) is 0.719. The highest BCUT2D eigenvalue weighted by atomic mass is 32.2. The summed E-state index contributed by atoms with van der Waals surface area (Å²) in [6, 6.07) is 13.7. The largest absolute Gasteiger partial charge is 0.352 e. The van der Waals surface area contributed by atoms with Crippen molar-refractivity contribution in [3.8, 4) is 0 Å². The smallest absolute Gasteiger partial charge is 0.256 e. The van der Waals surface area contributed by atoms with Crippen LogP contribution in [0.3, 0.4) is 0 Å². The zero-order valence-electron chi connectivity index (χ0n) is 16.7. The van der Waals surface area contributed by atoms with Gasteiger partial charge in [-0.1, -0.05) is 30.3 Å². The predicted octanol–water partition coefficient (Wildman–Crippen LogP) is 4.40. The summed E-state index contributed by atoms with van der Waals surface area (Å²) in [5.41, 5.74) is 1.92. The van der Waals surface area contributed by atoms with Crippen LogP contribution in [0.1, 0.15) is 53.3 Å². The molecular weight excluding hydrogens is 382 g/mol. The van der Waals surface area contributed by atoms with Crippen LogP contribution in [0.5, 0.6) is 0 Å². The SMILES string of the molecule is C[C@@H]1CCCCN1CCCNC(=O)c1ccc2c(c1)NC(=O)c1ccccc1S2. The van der Waals surface area contributed by atoms with Gasteiger partial charge in [0.1, 0.15) is 0 Å². The summed E-state index contributed by atoms with van der Waals surface area (Å²) in [7, 11) is 0. The lowest BCUT2D eigenvalue weighted by atomic mass is 10.0. The van der Waals surface area contributed by atoms with Crippen molar-refractivity contribution in [2.45, 2.75) is 48.4 Å². The van der Waals surface area contributed by atoms with Crippen LogP contribution in [0.25, 0.3) is 0 Å². The van der Waals surface area contributed by atoms with E-state index in [4.69, 9.17) is 0 Å². The molecule has 0 saturated carbocycles. The van der Waals surface area contributed by atoms with E-state index in [-0.39, 0.29) is 11.8 Å². The number of likely N-dealkylation sites (tertiary alicyclic amines) is 1. The number of fused-ring (bicyclic) bond motifs is 2. The van der Waals surface area contributed by atoms with Crippen LogP contribution in [0, 0.1) is 0 Å². The molecule has 2 aromatic rings. The molecule has 2 aromatic carbocycles. The second kappa shape index (κ2) is 9.01. The number of hydrogen-bond acceptors (Lipinski definition) is 4. The molecule has 0 radical (unpaired) electrons. The molecule has 1 fully saturated rings. The molecule has 2 N–H and O–H groups in total. The van der Waals surface area contributed by atoms with Gasteiger partial charge in [-0.15, -0.1) is 0 Å². The molecule has 1 saturated heterocycles. The van der Waals surface area contributed by atoms with E-state index in [1.807, 2.05) is 36.4 Å². The number of anilines is 1. The van der Waals surface area contributed by atoms with Crippen molar-refractivity contribution in [3.05, 3.63) is 53.6 Å². The maximum absolute atomic E-state index is 12.6. The highest BCUT2D eigenvalue weighted by Gasteiger charge is 2.21. The van der Waals surface area contributed by atoms with E-state index in [1.54, 1.807) is 17.8 Å². The van der Waals surface area contributed by atoms with Crippen molar-refractivity contribution in [1.29, 1.82) is 0 Å². The number of rotatable bonds is 5. The summed E-state index contributed by atoms with van der Waals surface area (Å²) in [5, 5.41) is 5.96. The molecule has 0 unspecified atom stereocenters. The Morgan fingerprint density at radius 3 is 2.93 bits per heavy atom. The Balaban J connectivity index is 1.36. The van der Waals surface area contributed by atoms with Crippen molar-refractivity contribution in [1.82, 2.24) is 10.2 Å². The van der Waals surface area contributed by atoms with Crippen molar-refractivity contribution >= 4 is 29.3 Å². The summed E-state index contributed by atoms with van der Waals surface area (Å²) < 4.78 is 0. The monoisotopic (exact) mass is 409 g/mol. The molecule has 0 bridgehead atoms. The average molecular weight is 410 g/mol. The van der Waals surface area contributed by atoms with Gasteiger partial charge in [0.05, 0.1) is 11.3 Å². The third-order valence-corrected chi connectivity index (χ3v) is 6.84. The fourth-order valence-electron chi connectivity index (χ4n) is 3.99. The van der Waals surface area contributed by atoms with Crippen LogP contribution >= 0.6 is 11.8 Å². The average Bonchev–Trinajstić information content (AvgIpc) is 2.87. The first-order chi connectivity index (χ1) is 14.1. The lowest BCUT2D eigenvalue weighted by Crippen LogP contribution is -2.39. The third-order valence-electron chi connectivity index (χ3n) is 5.69. The Morgan fingerprint density at radius 1 is 1.21 bits per heavy atom. The Hall–Kier alpha value is -2.31. The lowest BCUT2D eigenvalue weighted by molar-refractivity contribution is 0.0947. The first-order valence-electron chi connectivity index (χ1n) is 10.4.